The van der Waals surface area contributed by atoms with Crippen LogP contribution in [-0.2, 0) is 11.2 Å². The van der Waals surface area contributed by atoms with Gasteiger partial charge in [0.1, 0.15) is 4.88 Å². The Hall–Kier alpha value is -0.830. The van der Waals surface area contributed by atoms with Crippen LogP contribution < -0.4 is 0 Å². The minimum absolute atomic E-state index is 0.241. The number of rotatable bonds is 2. The molecule has 0 saturated carbocycles. The molecular weight excluding hydrogens is 184 g/mol. The fraction of sp³-hybridized carbons (Fsp3) is 0.500. The van der Waals surface area contributed by atoms with Crippen LogP contribution in [0.2, 0.25) is 0 Å². The van der Waals surface area contributed by atoms with Crippen LogP contribution in [0, 0.1) is 0 Å². The van der Waals surface area contributed by atoms with Crippen molar-refractivity contribution in [1.82, 2.24) is 0 Å². The predicted octanol–water partition coefficient (Wildman–Crippen LogP) is 3.12. The number of carbonyl (C=O) groups excluding carboxylic acids is 1. The number of methoxy groups -OCH3 is 1. The van der Waals surface area contributed by atoms with Crippen molar-refractivity contribution in [2.75, 3.05) is 7.11 Å². The molecule has 74 valence electrons. The van der Waals surface area contributed by atoms with Gasteiger partial charge in [0.25, 0.3) is 0 Å². The maximum Gasteiger partial charge on any atom is 0.348 e. The molecule has 1 heterocycles. The Bertz CT molecular complexity index is 253. The molecule has 1 rings (SSSR count). The molecule has 0 radical (unpaired) electrons. The molecule has 13 heavy (non-hydrogen) atoms. The fourth-order valence-electron chi connectivity index (χ4n) is 0.778. The van der Waals surface area contributed by atoms with Crippen molar-refractivity contribution in [1.29, 1.82) is 0 Å². The van der Waals surface area contributed by atoms with Gasteiger partial charge in [-0.25, -0.2) is 4.79 Å². The monoisotopic (exact) mass is 200 g/mol. The van der Waals surface area contributed by atoms with Gasteiger partial charge in [0.05, 0.1) is 7.11 Å². The Balaban J connectivity index is 0.000000671. The van der Waals surface area contributed by atoms with E-state index in [4.69, 9.17) is 0 Å². The smallest absolute Gasteiger partial charge is 0.348 e. The van der Waals surface area contributed by atoms with Crippen molar-refractivity contribution in [3.63, 3.8) is 0 Å². The van der Waals surface area contributed by atoms with Gasteiger partial charge in [-0.05, 0) is 18.6 Å². The van der Waals surface area contributed by atoms with Crippen molar-refractivity contribution < 1.29 is 9.53 Å². The molecule has 0 saturated heterocycles. The van der Waals surface area contributed by atoms with Crippen LogP contribution in [0.25, 0.3) is 0 Å². The van der Waals surface area contributed by atoms with Gasteiger partial charge in [0, 0.05) is 4.88 Å². The summed E-state index contributed by atoms with van der Waals surface area (Å²) in [6.07, 6.45) is 0.974. The van der Waals surface area contributed by atoms with Gasteiger partial charge in [-0.3, -0.25) is 0 Å². The second kappa shape index (κ2) is 6.66. The van der Waals surface area contributed by atoms with Crippen LogP contribution in [0.1, 0.15) is 35.3 Å². The Morgan fingerprint density at radius 2 is 2.08 bits per heavy atom. The maximum atomic E-state index is 10.9. The van der Waals surface area contributed by atoms with Crippen LogP contribution in [0.3, 0.4) is 0 Å². The van der Waals surface area contributed by atoms with E-state index in [1.54, 1.807) is 6.07 Å². The van der Waals surface area contributed by atoms with E-state index in [0.717, 1.165) is 6.42 Å². The Morgan fingerprint density at radius 1 is 1.46 bits per heavy atom. The highest BCUT2D eigenvalue weighted by Crippen LogP contribution is 2.17. The van der Waals surface area contributed by atoms with Crippen LogP contribution in [0.4, 0.5) is 0 Å². The lowest BCUT2D eigenvalue weighted by atomic mass is 10.4. The second-order valence-electron chi connectivity index (χ2n) is 2.11. The van der Waals surface area contributed by atoms with E-state index < -0.39 is 0 Å². The third-order valence-electron chi connectivity index (χ3n) is 1.40. The van der Waals surface area contributed by atoms with Gasteiger partial charge in [-0.1, -0.05) is 20.8 Å². The highest BCUT2D eigenvalue weighted by Gasteiger charge is 2.06. The van der Waals surface area contributed by atoms with E-state index in [2.05, 4.69) is 11.7 Å². The van der Waals surface area contributed by atoms with Gasteiger partial charge in [-0.15, -0.1) is 11.3 Å². The quantitative estimate of drug-likeness (QED) is 0.686. The number of esters is 1. The standard InChI is InChI=1S/C8H10O2S.C2H6/c1-3-6-4-5-7(11-6)8(9)10-2;1-2/h4-5H,3H2,1-2H3;1-2H3. The third kappa shape index (κ3) is 3.59. The second-order valence-corrected chi connectivity index (χ2v) is 3.28. The summed E-state index contributed by atoms with van der Waals surface area (Å²) in [6, 6.07) is 3.76. The molecular formula is C10H16O2S. The third-order valence-corrected chi connectivity index (χ3v) is 2.61. The SMILES string of the molecule is CC.CCc1ccc(C(=O)OC)s1. The molecule has 2 nitrogen and oxygen atoms in total. The molecule has 0 aliphatic heterocycles. The van der Waals surface area contributed by atoms with Crippen molar-refractivity contribution in [3.05, 3.63) is 21.9 Å². The van der Waals surface area contributed by atoms with Crippen LogP contribution in [0.15, 0.2) is 12.1 Å². The minimum Gasteiger partial charge on any atom is -0.465 e. The summed E-state index contributed by atoms with van der Waals surface area (Å²) in [5.74, 6) is -0.241. The molecule has 1 aromatic heterocycles. The lowest BCUT2D eigenvalue weighted by Crippen LogP contribution is -1.96. The highest BCUT2D eigenvalue weighted by atomic mass is 32.1. The number of carbonyl (C=O) groups is 1. The number of hydrogen-bond donors (Lipinski definition) is 0. The summed E-state index contributed by atoms with van der Waals surface area (Å²) < 4.78 is 4.57. The first-order valence-corrected chi connectivity index (χ1v) is 5.26. The van der Waals surface area contributed by atoms with Crippen molar-refractivity contribution in [2.45, 2.75) is 27.2 Å². The van der Waals surface area contributed by atoms with E-state index in [1.807, 2.05) is 19.9 Å². The van der Waals surface area contributed by atoms with Crippen LogP contribution in [-0.4, -0.2) is 13.1 Å². The lowest BCUT2D eigenvalue weighted by Gasteiger charge is -1.91. The summed E-state index contributed by atoms with van der Waals surface area (Å²) in [7, 11) is 1.40. The first-order chi connectivity index (χ1) is 6.27. The summed E-state index contributed by atoms with van der Waals surface area (Å²) in [6.45, 7) is 6.06. The molecule has 0 aliphatic carbocycles. The van der Waals surface area contributed by atoms with Gasteiger partial charge >= 0.3 is 5.97 Å². The zero-order valence-corrected chi connectivity index (χ0v) is 9.40. The first kappa shape index (κ1) is 12.2. The Labute approximate surface area is 83.5 Å². The van der Waals surface area contributed by atoms with E-state index in [0.29, 0.717) is 4.88 Å². The Morgan fingerprint density at radius 3 is 2.46 bits per heavy atom. The lowest BCUT2D eigenvalue weighted by molar-refractivity contribution is 0.0606. The molecule has 0 aliphatic rings. The van der Waals surface area contributed by atoms with E-state index in [9.17, 15) is 4.79 Å². The fourth-order valence-corrected chi connectivity index (χ4v) is 1.64. The van der Waals surface area contributed by atoms with E-state index >= 15 is 0 Å². The predicted molar refractivity (Wildman–Crippen MR) is 56.4 cm³/mol. The zero-order chi connectivity index (χ0) is 10.3. The van der Waals surface area contributed by atoms with E-state index in [-0.39, 0.29) is 5.97 Å². The van der Waals surface area contributed by atoms with Crippen molar-refractivity contribution >= 4 is 17.3 Å². The van der Waals surface area contributed by atoms with Gasteiger partial charge < -0.3 is 4.74 Å². The summed E-state index contributed by atoms with van der Waals surface area (Å²) >= 11 is 1.49. The minimum atomic E-state index is -0.241. The van der Waals surface area contributed by atoms with Gasteiger partial charge in [0.15, 0.2) is 0 Å². The van der Waals surface area contributed by atoms with Crippen LogP contribution >= 0.6 is 11.3 Å². The van der Waals surface area contributed by atoms with Gasteiger partial charge in [0.2, 0.25) is 0 Å². The molecule has 0 amide bonds. The molecule has 0 bridgehead atoms. The molecule has 0 unspecified atom stereocenters. The number of hydrogen-bond acceptors (Lipinski definition) is 3. The molecule has 0 fully saturated rings. The Kier molecular flexibility index (Phi) is 6.24. The normalized spacial score (nSPS) is 8.62. The molecule has 3 heteroatoms. The molecule has 0 atom stereocenters. The van der Waals surface area contributed by atoms with E-state index in [1.165, 1.54) is 23.3 Å². The van der Waals surface area contributed by atoms with Crippen molar-refractivity contribution in [2.24, 2.45) is 0 Å². The maximum absolute atomic E-state index is 10.9. The molecule has 0 aromatic carbocycles. The largest absolute Gasteiger partial charge is 0.465 e. The number of ether oxygens (including phenoxy) is 1. The summed E-state index contributed by atoms with van der Waals surface area (Å²) in [4.78, 5) is 12.8. The highest BCUT2D eigenvalue weighted by molar-refractivity contribution is 7.13. The number of aryl methyl sites for hydroxylation is 1. The summed E-state index contributed by atoms with van der Waals surface area (Å²) in [5.41, 5.74) is 0. The average molecular weight is 200 g/mol. The molecule has 1 aromatic rings. The molecule has 0 spiro atoms. The van der Waals surface area contributed by atoms with Crippen LogP contribution in [0.5, 0.6) is 0 Å². The number of thiophene rings is 1. The average Bonchev–Trinajstić information content (AvgIpc) is 2.68. The summed E-state index contributed by atoms with van der Waals surface area (Å²) in [5, 5.41) is 0. The van der Waals surface area contributed by atoms with Crippen molar-refractivity contribution in [3.8, 4) is 0 Å². The topological polar surface area (TPSA) is 26.3 Å². The first-order valence-electron chi connectivity index (χ1n) is 4.45. The van der Waals surface area contributed by atoms with Gasteiger partial charge in [-0.2, -0.15) is 0 Å². The zero-order valence-electron chi connectivity index (χ0n) is 8.59. The molecule has 0 N–H and O–H groups in total.